The summed E-state index contributed by atoms with van der Waals surface area (Å²) in [6.07, 6.45) is 2.26. The fourth-order valence-corrected chi connectivity index (χ4v) is 3.88. The van der Waals surface area contributed by atoms with Gasteiger partial charge in [0, 0.05) is 19.0 Å². The maximum atomic E-state index is 11.7. The van der Waals surface area contributed by atoms with E-state index in [0.717, 1.165) is 25.9 Å². The van der Waals surface area contributed by atoms with Crippen LogP contribution in [0.25, 0.3) is 0 Å². The normalized spacial score (nSPS) is 24.8. The molecular weight excluding hydrogens is 260 g/mol. The van der Waals surface area contributed by atoms with Gasteiger partial charge in [0.15, 0.2) is 0 Å². The van der Waals surface area contributed by atoms with Gasteiger partial charge in [0.2, 0.25) is 10.0 Å². The summed E-state index contributed by atoms with van der Waals surface area (Å²) < 4.78 is 26.2. The fourth-order valence-electron chi connectivity index (χ4n) is 2.16. The molecule has 1 saturated heterocycles. The summed E-state index contributed by atoms with van der Waals surface area (Å²) in [5.74, 6) is 0.949. The zero-order valence-corrected chi connectivity index (χ0v) is 12.2. The summed E-state index contributed by atoms with van der Waals surface area (Å²) in [5, 5.41) is 0. The molecule has 0 spiro atoms. The van der Waals surface area contributed by atoms with Crippen LogP contribution in [-0.4, -0.2) is 51.6 Å². The van der Waals surface area contributed by atoms with Crippen LogP contribution in [0.3, 0.4) is 0 Å². The lowest BCUT2D eigenvalue weighted by Crippen LogP contribution is -2.40. The van der Waals surface area contributed by atoms with Crippen molar-refractivity contribution in [3.05, 3.63) is 0 Å². The number of sulfonamides is 1. The minimum absolute atomic E-state index is 0.00296. The molecule has 17 heavy (non-hydrogen) atoms. The molecule has 0 aromatic heterocycles. The van der Waals surface area contributed by atoms with E-state index in [0.29, 0.717) is 18.3 Å². The van der Waals surface area contributed by atoms with E-state index in [2.05, 4.69) is 16.7 Å². The molecule has 1 aliphatic rings. The van der Waals surface area contributed by atoms with Gasteiger partial charge in [-0.2, -0.15) is 0 Å². The Balaban J connectivity index is 2.33. The number of nitrogens with one attached hydrogen (secondary N) is 1. The molecule has 0 aliphatic carbocycles. The van der Waals surface area contributed by atoms with E-state index >= 15 is 0 Å². The number of likely N-dealkylation sites (tertiary alicyclic amines) is 1. The summed E-state index contributed by atoms with van der Waals surface area (Å²) in [4.78, 5) is 2.25. The standard InChI is InChI=1S/C11H23ClN2O2S/c1-10(6-12)9-17(15,16)13-7-11-4-3-5-14(2)8-11/h10-11,13H,3-9H2,1-2H3. The number of alkyl halides is 1. The maximum absolute atomic E-state index is 11.7. The van der Waals surface area contributed by atoms with Crippen molar-refractivity contribution in [3.8, 4) is 0 Å². The molecular formula is C11H23ClN2O2S. The van der Waals surface area contributed by atoms with Gasteiger partial charge >= 0.3 is 0 Å². The molecule has 0 aromatic carbocycles. The Morgan fingerprint density at radius 2 is 2.24 bits per heavy atom. The van der Waals surface area contributed by atoms with Crippen LogP contribution in [0, 0.1) is 11.8 Å². The Labute approximate surface area is 110 Å². The van der Waals surface area contributed by atoms with Crippen LogP contribution >= 0.6 is 11.6 Å². The lowest BCUT2D eigenvalue weighted by molar-refractivity contribution is 0.211. The third-order valence-corrected chi connectivity index (χ3v) is 5.22. The Morgan fingerprint density at radius 3 is 2.82 bits per heavy atom. The van der Waals surface area contributed by atoms with E-state index in [1.165, 1.54) is 0 Å². The van der Waals surface area contributed by atoms with Gasteiger partial charge in [-0.3, -0.25) is 0 Å². The largest absolute Gasteiger partial charge is 0.306 e. The average Bonchev–Trinajstić information content (AvgIpc) is 2.26. The molecule has 1 rings (SSSR count). The van der Waals surface area contributed by atoms with Crippen molar-refractivity contribution in [1.82, 2.24) is 9.62 Å². The van der Waals surface area contributed by atoms with Gasteiger partial charge < -0.3 is 4.90 Å². The quantitative estimate of drug-likeness (QED) is 0.743. The topological polar surface area (TPSA) is 49.4 Å². The van der Waals surface area contributed by atoms with Crippen molar-refractivity contribution in [3.63, 3.8) is 0 Å². The number of hydrogen-bond donors (Lipinski definition) is 1. The first-order valence-corrected chi connectivity index (χ1v) is 8.33. The minimum Gasteiger partial charge on any atom is -0.306 e. The molecule has 0 saturated carbocycles. The molecule has 1 fully saturated rings. The second-order valence-corrected chi connectivity index (χ2v) is 7.32. The molecule has 1 heterocycles. The van der Waals surface area contributed by atoms with Crippen LogP contribution in [-0.2, 0) is 10.0 Å². The highest BCUT2D eigenvalue weighted by Gasteiger charge is 2.20. The van der Waals surface area contributed by atoms with Gasteiger partial charge in [0.25, 0.3) is 0 Å². The Bertz CT molecular complexity index is 321. The Morgan fingerprint density at radius 1 is 1.53 bits per heavy atom. The second-order valence-electron chi connectivity index (χ2n) is 5.16. The van der Waals surface area contributed by atoms with Gasteiger partial charge in [0.05, 0.1) is 5.75 Å². The number of rotatable bonds is 6. The Kier molecular flexibility index (Phi) is 6.20. The monoisotopic (exact) mass is 282 g/mol. The molecule has 1 N–H and O–H groups in total. The lowest BCUT2D eigenvalue weighted by Gasteiger charge is -2.29. The molecule has 4 nitrogen and oxygen atoms in total. The molecule has 2 unspecified atom stereocenters. The summed E-state index contributed by atoms with van der Waals surface area (Å²) in [6, 6.07) is 0. The van der Waals surface area contributed by atoms with Gasteiger partial charge in [-0.15, -0.1) is 11.6 Å². The average molecular weight is 283 g/mol. The first-order valence-electron chi connectivity index (χ1n) is 6.15. The third-order valence-electron chi connectivity index (χ3n) is 3.08. The van der Waals surface area contributed by atoms with E-state index in [9.17, 15) is 8.42 Å². The zero-order valence-electron chi connectivity index (χ0n) is 10.7. The van der Waals surface area contributed by atoms with Crippen LogP contribution in [0.2, 0.25) is 0 Å². The zero-order chi connectivity index (χ0) is 12.9. The van der Waals surface area contributed by atoms with E-state index in [1.807, 2.05) is 6.92 Å². The van der Waals surface area contributed by atoms with Gasteiger partial charge in [0.1, 0.15) is 0 Å². The van der Waals surface area contributed by atoms with Crippen molar-refractivity contribution in [2.45, 2.75) is 19.8 Å². The van der Waals surface area contributed by atoms with Crippen molar-refractivity contribution in [2.75, 3.05) is 38.3 Å². The summed E-state index contributed by atoms with van der Waals surface area (Å²) in [6.45, 7) is 4.50. The molecule has 2 atom stereocenters. The smallest absolute Gasteiger partial charge is 0.211 e. The van der Waals surface area contributed by atoms with E-state index in [-0.39, 0.29) is 11.7 Å². The van der Waals surface area contributed by atoms with Crippen LogP contribution in [0.1, 0.15) is 19.8 Å². The van der Waals surface area contributed by atoms with Gasteiger partial charge in [-0.25, -0.2) is 13.1 Å². The number of hydrogen-bond acceptors (Lipinski definition) is 3. The number of halogens is 1. The molecule has 0 aromatic rings. The molecule has 102 valence electrons. The van der Waals surface area contributed by atoms with Crippen molar-refractivity contribution in [1.29, 1.82) is 0 Å². The highest BCUT2D eigenvalue weighted by molar-refractivity contribution is 7.89. The summed E-state index contributed by atoms with van der Waals surface area (Å²) in [5.41, 5.74) is 0. The van der Waals surface area contributed by atoms with Crippen LogP contribution in [0.15, 0.2) is 0 Å². The fraction of sp³-hybridized carbons (Fsp3) is 1.00. The van der Waals surface area contributed by atoms with Crippen molar-refractivity contribution in [2.24, 2.45) is 11.8 Å². The Hall–Kier alpha value is 0.160. The van der Waals surface area contributed by atoms with Gasteiger partial charge in [-0.1, -0.05) is 6.92 Å². The molecule has 0 bridgehead atoms. The van der Waals surface area contributed by atoms with Crippen LogP contribution < -0.4 is 4.72 Å². The van der Waals surface area contributed by atoms with Crippen molar-refractivity contribution < 1.29 is 8.42 Å². The van der Waals surface area contributed by atoms with Crippen LogP contribution in [0.5, 0.6) is 0 Å². The second kappa shape index (κ2) is 6.92. The summed E-state index contributed by atoms with van der Waals surface area (Å²) >= 11 is 5.63. The number of piperidine rings is 1. The van der Waals surface area contributed by atoms with E-state index in [4.69, 9.17) is 11.6 Å². The molecule has 6 heteroatoms. The third kappa shape index (κ3) is 6.04. The minimum atomic E-state index is -3.16. The lowest BCUT2D eigenvalue weighted by atomic mass is 9.99. The summed E-state index contributed by atoms with van der Waals surface area (Å²) in [7, 11) is -1.08. The highest BCUT2D eigenvalue weighted by atomic mass is 35.5. The molecule has 1 aliphatic heterocycles. The predicted octanol–water partition coefficient (Wildman–Crippen LogP) is 1.12. The highest BCUT2D eigenvalue weighted by Crippen LogP contribution is 2.14. The predicted molar refractivity (Wildman–Crippen MR) is 71.9 cm³/mol. The van der Waals surface area contributed by atoms with E-state index in [1.54, 1.807) is 0 Å². The van der Waals surface area contributed by atoms with Crippen molar-refractivity contribution >= 4 is 21.6 Å². The SMILES string of the molecule is CC(CCl)CS(=O)(=O)NCC1CCCN(C)C1. The first kappa shape index (κ1) is 15.2. The maximum Gasteiger partial charge on any atom is 0.211 e. The van der Waals surface area contributed by atoms with Crippen LogP contribution in [0.4, 0.5) is 0 Å². The molecule has 0 amide bonds. The van der Waals surface area contributed by atoms with E-state index < -0.39 is 10.0 Å². The molecule has 0 radical (unpaired) electrons. The first-order chi connectivity index (χ1) is 7.93. The number of nitrogens with zero attached hydrogens (tertiary/aromatic N) is 1. The van der Waals surface area contributed by atoms with Gasteiger partial charge in [-0.05, 0) is 38.3 Å².